The SMILES string of the molecule is Cc1ccc(N)cc1-c1nc(C2(N)CCC2)no1.Cl.Cl. The Morgan fingerprint density at radius 2 is 1.95 bits per heavy atom. The van der Waals surface area contributed by atoms with Crippen molar-refractivity contribution in [3.63, 3.8) is 0 Å². The van der Waals surface area contributed by atoms with E-state index in [-0.39, 0.29) is 24.8 Å². The Bertz CT molecular complexity index is 596. The molecule has 1 aromatic heterocycles. The molecule has 3 rings (SSSR count). The fourth-order valence-electron chi connectivity index (χ4n) is 2.19. The van der Waals surface area contributed by atoms with Crippen LogP contribution in [-0.2, 0) is 5.54 Å². The molecule has 1 aromatic carbocycles. The summed E-state index contributed by atoms with van der Waals surface area (Å²) in [5.74, 6) is 1.09. The lowest BCUT2D eigenvalue weighted by molar-refractivity contribution is 0.229. The summed E-state index contributed by atoms with van der Waals surface area (Å²) in [4.78, 5) is 4.42. The molecular weight excluding hydrogens is 299 g/mol. The Morgan fingerprint density at radius 1 is 1.25 bits per heavy atom. The zero-order valence-electron chi connectivity index (χ0n) is 11.1. The third kappa shape index (κ3) is 2.75. The molecule has 0 saturated heterocycles. The largest absolute Gasteiger partial charge is 0.399 e. The number of halogens is 2. The maximum atomic E-state index is 6.17. The van der Waals surface area contributed by atoms with Crippen LogP contribution in [0.3, 0.4) is 0 Å². The van der Waals surface area contributed by atoms with Gasteiger partial charge in [0.25, 0.3) is 5.89 Å². The number of aryl methyl sites for hydroxylation is 1. The van der Waals surface area contributed by atoms with E-state index < -0.39 is 5.54 Å². The summed E-state index contributed by atoms with van der Waals surface area (Å²) in [6.45, 7) is 1.99. The van der Waals surface area contributed by atoms with Crippen LogP contribution in [0.5, 0.6) is 0 Å². The second kappa shape index (κ2) is 5.99. The van der Waals surface area contributed by atoms with Gasteiger partial charge in [-0.1, -0.05) is 11.2 Å². The van der Waals surface area contributed by atoms with Crippen LogP contribution in [0.25, 0.3) is 11.5 Å². The minimum absolute atomic E-state index is 0. The number of nitrogens with zero attached hydrogens (tertiary/aromatic N) is 2. The first-order valence-electron chi connectivity index (χ1n) is 6.08. The van der Waals surface area contributed by atoms with Gasteiger partial charge in [-0.25, -0.2) is 0 Å². The van der Waals surface area contributed by atoms with E-state index in [9.17, 15) is 0 Å². The van der Waals surface area contributed by atoms with Crippen molar-refractivity contribution in [2.45, 2.75) is 31.7 Å². The van der Waals surface area contributed by atoms with Gasteiger partial charge in [-0.15, -0.1) is 24.8 Å². The van der Waals surface area contributed by atoms with Gasteiger partial charge in [-0.3, -0.25) is 0 Å². The standard InChI is InChI=1S/C13H16N4O.2ClH/c1-8-3-4-9(14)7-10(8)11-16-12(17-18-11)13(15)5-2-6-13;;/h3-4,7H,2,5-6,14-15H2,1H3;2*1H. The summed E-state index contributed by atoms with van der Waals surface area (Å²) in [7, 11) is 0. The molecule has 1 saturated carbocycles. The smallest absolute Gasteiger partial charge is 0.258 e. The van der Waals surface area contributed by atoms with E-state index in [0.717, 1.165) is 30.4 Å². The average Bonchev–Trinajstić information content (AvgIpc) is 2.79. The highest BCUT2D eigenvalue weighted by Gasteiger charge is 2.39. The molecule has 0 atom stereocenters. The Morgan fingerprint density at radius 3 is 2.55 bits per heavy atom. The third-order valence-corrected chi connectivity index (χ3v) is 3.61. The number of aromatic nitrogens is 2. The van der Waals surface area contributed by atoms with Crippen LogP contribution in [0.15, 0.2) is 22.7 Å². The van der Waals surface area contributed by atoms with Gasteiger partial charge >= 0.3 is 0 Å². The van der Waals surface area contributed by atoms with Crippen LogP contribution in [0.4, 0.5) is 5.69 Å². The maximum absolute atomic E-state index is 6.17. The zero-order valence-corrected chi connectivity index (χ0v) is 12.8. The minimum atomic E-state index is -0.393. The second-order valence-electron chi connectivity index (χ2n) is 5.01. The van der Waals surface area contributed by atoms with Crippen molar-refractivity contribution in [1.29, 1.82) is 0 Å². The molecule has 0 unspecified atom stereocenters. The third-order valence-electron chi connectivity index (χ3n) is 3.61. The van der Waals surface area contributed by atoms with Crippen molar-refractivity contribution >= 4 is 30.5 Å². The number of hydrogen-bond donors (Lipinski definition) is 2. The lowest BCUT2D eigenvalue weighted by Gasteiger charge is -2.34. The summed E-state index contributed by atoms with van der Waals surface area (Å²) in [5.41, 5.74) is 14.2. The normalized spacial score (nSPS) is 15.7. The van der Waals surface area contributed by atoms with E-state index in [1.807, 2.05) is 25.1 Å². The lowest BCUT2D eigenvalue weighted by atomic mass is 9.77. The van der Waals surface area contributed by atoms with Gasteiger partial charge < -0.3 is 16.0 Å². The quantitative estimate of drug-likeness (QED) is 0.831. The molecule has 7 heteroatoms. The van der Waals surface area contributed by atoms with Gasteiger partial charge in [0.15, 0.2) is 5.82 Å². The molecule has 0 amide bonds. The van der Waals surface area contributed by atoms with Crippen LogP contribution in [0.2, 0.25) is 0 Å². The molecule has 0 radical (unpaired) electrons. The molecule has 0 aliphatic heterocycles. The van der Waals surface area contributed by atoms with Crippen LogP contribution in [0, 0.1) is 6.92 Å². The van der Waals surface area contributed by atoms with Crippen molar-refractivity contribution in [3.05, 3.63) is 29.6 Å². The minimum Gasteiger partial charge on any atom is -0.399 e. The monoisotopic (exact) mass is 316 g/mol. The van der Waals surface area contributed by atoms with E-state index in [0.29, 0.717) is 17.4 Å². The Balaban J connectivity index is 0.000001000. The molecular formula is C13H18Cl2N4O. The summed E-state index contributed by atoms with van der Waals surface area (Å²) in [6, 6.07) is 5.64. The Hall–Kier alpha value is -1.30. The average molecular weight is 317 g/mol. The molecule has 0 bridgehead atoms. The van der Waals surface area contributed by atoms with Gasteiger partial charge in [0.2, 0.25) is 0 Å². The van der Waals surface area contributed by atoms with Crippen LogP contribution < -0.4 is 11.5 Å². The molecule has 110 valence electrons. The van der Waals surface area contributed by atoms with Crippen LogP contribution in [-0.4, -0.2) is 10.1 Å². The maximum Gasteiger partial charge on any atom is 0.258 e. The van der Waals surface area contributed by atoms with Gasteiger partial charge in [-0.2, -0.15) is 4.98 Å². The second-order valence-corrected chi connectivity index (χ2v) is 5.01. The van der Waals surface area contributed by atoms with E-state index >= 15 is 0 Å². The van der Waals surface area contributed by atoms with E-state index in [4.69, 9.17) is 16.0 Å². The first kappa shape index (κ1) is 16.8. The van der Waals surface area contributed by atoms with Gasteiger partial charge in [-0.05, 0) is 43.9 Å². The highest BCUT2D eigenvalue weighted by molar-refractivity contribution is 5.85. The fraction of sp³-hybridized carbons (Fsp3) is 0.385. The summed E-state index contributed by atoms with van der Waals surface area (Å²) in [5, 5.41) is 4.01. The molecule has 1 aliphatic carbocycles. The molecule has 1 fully saturated rings. The lowest BCUT2D eigenvalue weighted by Crippen LogP contribution is -2.44. The van der Waals surface area contributed by atoms with Crippen molar-refractivity contribution in [1.82, 2.24) is 10.1 Å². The van der Waals surface area contributed by atoms with Crippen molar-refractivity contribution in [3.8, 4) is 11.5 Å². The van der Waals surface area contributed by atoms with Gasteiger partial charge in [0.05, 0.1) is 5.54 Å². The van der Waals surface area contributed by atoms with Crippen LogP contribution >= 0.6 is 24.8 Å². The molecule has 0 spiro atoms. The molecule has 20 heavy (non-hydrogen) atoms. The van der Waals surface area contributed by atoms with E-state index in [2.05, 4.69) is 10.1 Å². The van der Waals surface area contributed by atoms with Gasteiger partial charge in [0, 0.05) is 11.3 Å². The van der Waals surface area contributed by atoms with Gasteiger partial charge in [0.1, 0.15) is 0 Å². The molecule has 5 nitrogen and oxygen atoms in total. The highest BCUT2D eigenvalue weighted by atomic mass is 35.5. The number of nitrogen functional groups attached to an aromatic ring is 1. The van der Waals surface area contributed by atoms with E-state index in [1.54, 1.807) is 0 Å². The number of benzene rings is 1. The van der Waals surface area contributed by atoms with E-state index in [1.165, 1.54) is 0 Å². The first-order valence-corrected chi connectivity index (χ1v) is 6.08. The predicted molar refractivity (Wildman–Crippen MR) is 83.1 cm³/mol. The van der Waals surface area contributed by atoms with Crippen molar-refractivity contribution in [2.75, 3.05) is 5.73 Å². The number of hydrogen-bond acceptors (Lipinski definition) is 5. The topological polar surface area (TPSA) is 91.0 Å². The number of nitrogens with two attached hydrogens (primary N) is 2. The van der Waals surface area contributed by atoms with Crippen LogP contribution in [0.1, 0.15) is 30.7 Å². The molecule has 1 aliphatic rings. The van der Waals surface area contributed by atoms with Crippen molar-refractivity contribution in [2.24, 2.45) is 5.73 Å². The Labute approximate surface area is 129 Å². The Kier molecular flexibility index (Phi) is 5.02. The van der Waals surface area contributed by atoms with Crippen molar-refractivity contribution < 1.29 is 4.52 Å². The fourth-order valence-corrected chi connectivity index (χ4v) is 2.19. The molecule has 1 heterocycles. The summed E-state index contributed by atoms with van der Waals surface area (Å²) >= 11 is 0. The number of rotatable bonds is 2. The number of anilines is 1. The summed E-state index contributed by atoms with van der Waals surface area (Å²) < 4.78 is 5.31. The molecule has 4 N–H and O–H groups in total. The first-order chi connectivity index (χ1) is 8.58. The molecule has 2 aromatic rings. The predicted octanol–water partition coefficient (Wildman–Crippen LogP) is 2.81. The highest BCUT2D eigenvalue weighted by Crippen LogP contribution is 2.38. The zero-order chi connectivity index (χ0) is 12.8. The summed E-state index contributed by atoms with van der Waals surface area (Å²) in [6.07, 6.45) is 2.96.